The molecule has 0 saturated carbocycles. The Hall–Kier alpha value is -2.24. The van der Waals surface area contributed by atoms with E-state index in [0.717, 1.165) is 22.6 Å². The maximum absolute atomic E-state index is 10.8. The minimum atomic E-state index is -1.52. The molecule has 1 fully saturated rings. The summed E-state index contributed by atoms with van der Waals surface area (Å²) in [5.41, 5.74) is 2.12. The molecular formula is C27H38O9. The van der Waals surface area contributed by atoms with Gasteiger partial charge in [-0.1, -0.05) is 24.3 Å². The van der Waals surface area contributed by atoms with Crippen LogP contribution in [0.15, 0.2) is 48.5 Å². The van der Waals surface area contributed by atoms with Crippen molar-refractivity contribution in [1.29, 1.82) is 0 Å². The lowest BCUT2D eigenvalue weighted by Gasteiger charge is -2.41. The van der Waals surface area contributed by atoms with Crippen molar-refractivity contribution >= 4 is 0 Å². The first-order chi connectivity index (χ1) is 17.3. The van der Waals surface area contributed by atoms with Gasteiger partial charge in [0, 0.05) is 0 Å². The van der Waals surface area contributed by atoms with Crippen molar-refractivity contribution < 1.29 is 44.5 Å². The lowest BCUT2D eigenvalue weighted by Crippen LogP contribution is -2.59. The second-order valence-electron chi connectivity index (χ2n) is 9.12. The summed E-state index contributed by atoms with van der Waals surface area (Å²) in [5, 5.41) is 50.9. The van der Waals surface area contributed by atoms with Crippen LogP contribution in [0.3, 0.4) is 0 Å². The van der Waals surface area contributed by atoms with Gasteiger partial charge < -0.3 is 44.5 Å². The van der Waals surface area contributed by atoms with Crippen molar-refractivity contribution in [3.8, 4) is 11.5 Å². The second-order valence-corrected chi connectivity index (χ2v) is 9.12. The summed E-state index contributed by atoms with van der Waals surface area (Å²) >= 11 is 0. The van der Waals surface area contributed by atoms with E-state index in [0.29, 0.717) is 25.7 Å². The van der Waals surface area contributed by atoms with Crippen LogP contribution in [-0.4, -0.2) is 89.3 Å². The molecule has 0 aliphatic carbocycles. The Morgan fingerprint density at radius 2 is 1.31 bits per heavy atom. The van der Waals surface area contributed by atoms with Crippen molar-refractivity contribution in [2.45, 2.75) is 75.0 Å². The summed E-state index contributed by atoms with van der Waals surface area (Å²) < 4.78 is 21.9. The summed E-state index contributed by atoms with van der Waals surface area (Å²) in [4.78, 5) is 0. The first kappa shape index (κ1) is 28.3. The van der Waals surface area contributed by atoms with E-state index >= 15 is 0 Å². The summed E-state index contributed by atoms with van der Waals surface area (Å²) in [6, 6.07) is 15.3. The minimum absolute atomic E-state index is 0.279. The lowest BCUT2D eigenvalue weighted by atomic mass is 9.97. The topological polar surface area (TPSA) is 138 Å². The number of aliphatic hydroxyl groups excluding tert-OH is 5. The number of methoxy groups -OCH3 is 2. The van der Waals surface area contributed by atoms with Crippen molar-refractivity contribution in [2.75, 3.05) is 20.8 Å². The maximum atomic E-state index is 10.8. The molecule has 1 aliphatic heterocycles. The Kier molecular flexibility index (Phi) is 10.9. The first-order valence-electron chi connectivity index (χ1n) is 12.2. The highest BCUT2D eigenvalue weighted by molar-refractivity contribution is 5.28. The average Bonchev–Trinajstić information content (AvgIpc) is 2.91. The molecule has 1 heterocycles. The van der Waals surface area contributed by atoms with Crippen LogP contribution in [0.25, 0.3) is 0 Å². The molecule has 7 atom stereocenters. The summed E-state index contributed by atoms with van der Waals surface area (Å²) in [5.74, 6) is 1.52. The average molecular weight is 507 g/mol. The standard InChI is InChI=1S/C27H38O9/c1-33-20-10-4-17(5-11-20)3-9-19(29)15-22(14-8-18-6-12-21(34-2)13-7-18)35-27-26(32)25(31)24(30)23(16-28)36-27/h4-7,10-13,19,22-32H,3,8-9,14-16H2,1-2H3/t19-,22-,23+,24+,25-,26+,27+/m0/s1. The van der Waals surface area contributed by atoms with Gasteiger partial charge in [0.15, 0.2) is 6.29 Å². The molecular weight excluding hydrogens is 468 g/mol. The minimum Gasteiger partial charge on any atom is -0.497 e. The van der Waals surface area contributed by atoms with E-state index in [1.807, 2.05) is 48.5 Å². The molecule has 1 aliphatic rings. The van der Waals surface area contributed by atoms with Gasteiger partial charge in [0.2, 0.25) is 0 Å². The Morgan fingerprint density at radius 3 is 1.81 bits per heavy atom. The van der Waals surface area contributed by atoms with Crippen molar-refractivity contribution in [3.63, 3.8) is 0 Å². The molecule has 2 aromatic carbocycles. The number of ether oxygens (including phenoxy) is 4. The molecule has 0 amide bonds. The van der Waals surface area contributed by atoms with E-state index in [1.165, 1.54) is 0 Å². The lowest BCUT2D eigenvalue weighted by molar-refractivity contribution is -0.313. The van der Waals surface area contributed by atoms with E-state index in [-0.39, 0.29) is 6.42 Å². The Morgan fingerprint density at radius 1 is 0.778 bits per heavy atom. The largest absolute Gasteiger partial charge is 0.497 e. The number of rotatable bonds is 13. The first-order valence-corrected chi connectivity index (χ1v) is 12.2. The molecule has 3 rings (SSSR count). The van der Waals surface area contributed by atoms with Gasteiger partial charge in [0.25, 0.3) is 0 Å². The third kappa shape index (κ3) is 7.88. The van der Waals surface area contributed by atoms with Crippen LogP contribution in [0, 0.1) is 0 Å². The highest BCUT2D eigenvalue weighted by Crippen LogP contribution is 2.26. The molecule has 0 spiro atoms. The normalized spacial score (nSPS) is 25.8. The fourth-order valence-corrected chi connectivity index (χ4v) is 4.28. The number of hydrogen-bond donors (Lipinski definition) is 5. The zero-order valence-electron chi connectivity index (χ0n) is 20.8. The predicted molar refractivity (Wildman–Crippen MR) is 132 cm³/mol. The van der Waals surface area contributed by atoms with Gasteiger partial charge in [-0.05, 0) is 67.5 Å². The van der Waals surface area contributed by atoms with E-state index in [9.17, 15) is 25.5 Å². The zero-order valence-corrected chi connectivity index (χ0v) is 20.8. The number of hydrogen-bond acceptors (Lipinski definition) is 9. The Bertz CT molecular complexity index is 887. The summed E-state index contributed by atoms with van der Waals surface area (Å²) in [6.45, 7) is -0.536. The van der Waals surface area contributed by atoms with E-state index in [4.69, 9.17) is 18.9 Å². The number of benzene rings is 2. The second kappa shape index (κ2) is 13.9. The van der Waals surface area contributed by atoms with Crippen LogP contribution in [-0.2, 0) is 22.3 Å². The van der Waals surface area contributed by atoms with Crippen LogP contribution in [0.4, 0.5) is 0 Å². The van der Waals surface area contributed by atoms with Crippen LogP contribution >= 0.6 is 0 Å². The van der Waals surface area contributed by atoms with Crippen molar-refractivity contribution in [3.05, 3.63) is 59.7 Å². The van der Waals surface area contributed by atoms with Gasteiger partial charge in [-0.2, -0.15) is 0 Å². The third-order valence-electron chi connectivity index (χ3n) is 6.55. The molecule has 9 nitrogen and oxygen atoms in total. The van der Waals surface area contributed by atoms with Gasteiger partial charge in [-0.15, -0.1) is 0 Å². The van der Waals surface area contributed by atoms with Crippen LogP contribution < -0.4 is 9.47 Å². The monoisotopic (exact) mass is 506 g/mol. The Balaban J connectivity index is 1.64. The van der Waals surface area contributed by atoms with Gasteiger partial charge in [-0.25, -0.2) is 0 Å². The molecule has 1 saturated heterocycles. The van der Waals surface area contributed by atoms with E-state index in [2.05, 4.69) is 0 Å². The van der Waals surface area contributed by atoms with E-state index in [1.54, 1.807) is 14.2 Å². The smallest absolute Gasteiger partial charge is 0.186 e. The van der Waals surface area contributed by atoms with Gasteiger partial charge in [0.05, 0.1) is 33.0 Å². The van der Waals surface area contributed by atoms with Gasteiger partial charge >= 0.3 is 0 Å². The SMILES string of the molecule is COc1ccc(CC[C@H](O)C[C@H](CCc2ccc(OC)cc2)O[C@@H]2O[C@H](CO)[C@@H](O)[C@H](O)[C@H]2O)cc1. The predicted octanol–water partition coefficient (Wildman–Crippen LogP) is 1.21. The van der Waals surface area contributed by atoms with Gasteiger partial charge in [0.1, 0.15) is 35.9 Å². The fraction of sp³-hybridized carbons (Fsp3) is 0.556. The molecule has 200 valence electrons. The molecule has 2 aromatic rings. The molecule has 0 bridgehead atoms. The summed E-state index contributed by atoms with van der Waals surface area (Å²) in [6.07, 6.45) is -5.40. The summed E-state index contributed by atoms with van der Waals surface area (Å²) in [7, 11) is 3.22. The number of aliphatic hydroxyl groups is 5. The fourth-order valence-electron chi connectivity index (χ4n) is 4.28. The zero-order chi connectivity index (χ0) is 26.1. The quantitative estimate of drug-likeness (QED) is 0.271. The van der Waals surface area contributed by atoms with E-state index < -0.39 is 49.5 Å². The van der Waals surface area contributed by atoms with Crippen molar-refractivity contribution in [2.24, 2.45) is 0 Å². The molecule has 36 heavy (non-hydrogen) atoms. The highest BCUT2D eigenvalue weighted by Gasteiger charge is 2.44. The molecule has 5 N–H and O–H groups in total. The number of aryl methyl sites for hydroxylation is 2. The van der Waals surface area contributed by atoms with Crippen LogP contribution in [0.1, 0.15) is 30.4 Å². The molecule has 0 aromatic heterocycles. The maximum Gasteiger partial charge on any atom is 0.186 e. The van der Waals surface area contributed by atoms with Crippen molar-refractivity contribution in [1.82, 2.24) is 0 Å². The molecule has 0 unspecified atom stereocenters. The van der Waals surface area contributed by atoms with Gasteiger partial charge in [-0.3, -0.25) is 0 Å². The third-order valence-corrected chi connectivity index (χ3v) is 6.55. The van der Waals surface area contributed by atoms with Crippen LogP contribution in [0.2, 0.25) is 0 Å². The van der Waals surface area contributed by atoms with Crippen LogP contribution in [0.5, 0.6) is 11.5 Å². The highest BCUT2D eigenvalue weighted by atomic mass is 16.7. The molecule has 0 radical (unpaired) electrons. The molecule has 9 heteroatoms. The Labute approximate surface area is 211 Å².